The van der Waals surface area contributed by atoms with Crippen LogP contribution in [0.25, 0.3) is 0 Å². The van der Waals surface area contributed by atoms with Gasteiger partial charge in [-0.1, -0.05) is 6.08 Å². The molecule has 58 valence electrons. The van der Waals surface area contributed by atoms with Gasteiger partial charge >= 0.3 is 0 Å². The van der Waals surface area contributed by atoms with E-state index < -0.39 is 0 Å². The second kappa shape index (κ2) is 4.23. The van der Waals surface area contributed by atoms with Gasteiger partial charge in [0.2, 0.25) is 0 Å². The zero-order valence-electron chi connectivity index (χ0n) is 6.59. The highest BCUT2D eigenvalue weighted by atomic mass is 16.5. The molecule has 0 spiro atoms. The van der Waals surface area contributed by atoms with E-state index in [0.29, 0.717) is 13.0 Å². The first kappa shape index (κ1) is 9.37. The molecule has 0 fully saturated rings. The van der Waals surface area contributed by atoms with Crippen molar-refractivity contribution in [3.8, 4) is 0 Å². The molecule has 0 amide bonds. The lowest BCUT2D eigenvalue weighted by atomic mass is 10.1. The second-order valence-corrected chi connectivity index (χ2v) is 2.73. The SMILES string of the molecule is C=CCOC(C)(C)CC=O. The number of carbonyl (C=O) groups is 1. The molecule has 2 heteroatoms. The average molecular weight is 142 g/mol. The Bertz CT molecular complexity index is 116. The van der Waals surface area contributed by atoms with E-state index in [2.05, 4.69) is 6.58 Å². The smallest absolute Gasteiger partial charge is 0.122 e. The highest BCUT2D eigenvalue weighted by Gasteiger charge is 2.15. The van der Waals surface area contributed by atoms with Gasteiger partial charge in [-0.25, -0.2) is 0 Å². The molecule has 0 radical (unpaired) electrons. The van der Waals surface area contributed by atoms with Crippen LogP contribution in [-0.2, 0) is 9.53 Å². The van der Waals surface area contributed by atoms with Crippen LogP contribution < -0.4 is 0 Å². The number of aldehydes is 1. The zero-order valence-corrected chi connectivity index (χ0v) is 6.59. The quantitative estimate of drug-likeness (QED) is 0.430. The normalized spacial score (nSPS) is 11.0. The van der Waals surface area contributed by atoms with Crippen LogP contribution in [0.15, 0.2) is 12.7 Å². The van der Waals surface area contributed by atoms with Gasteiger partial charge in [0.25, 0.3) is 0 Å². The van der Waals surface area contributed by atoms with Crippen molar-refractivity contribution in [3.63, 3.8) is 0 Å². The average Bonchev–Trinajstić information content (AvgIpc) is 1.84. The van der Waals surface area contributed by atoms with E-state index >= 15 is 0 Å². The molecule has 2 nitrogen and oxygen atoms in total. The molecule has 0 aliphatic carbocycles. The lowest BCUT2D eigenvalue weighted by molar-refractivity contribution is -0.113. The van der Waals surface area contributed by atoms with Crippen LogP contribution in [0.3, 0.4) is 0 Å². The third-order valence-corrected chi connectivity index (χ3v) is 1.17. The van der Waals surface area contributed by atoms with Crippen molar-refractivity contribution in [1.29, 1.82) is 0 Å². The summed E-state index contributed by atoms with van der Waals surface area (Å²) in [7, 11) is 0. The summed E-state index contributed by atoms with van der Waals surface area (Å²) in [6, 6.07) is 0. The maximum Gasteiger partial charge on any atom is 0.122 e. The van der Waals surface area contributed by atoms with Gasteiger partial charge < -0.3 is 9.53 Å². The minimum atomic E-state index is -0.337. The van der Waals surface area contributed by atoms with Crippen molar-refractivity contribution in [3.05, 3.63) is 12.7 Å². The molecule has 0 unspecified atom stereocenters. The van der Waals surface area contributed by atoms with E-state index in [-0.39, 0.29) is 5.60 Å². The summed E-state index contributed by atoms with van der Waals surface area (Å²) in [6.45, 7) is 7.77. The van der Waals surface area contributed by atoms with Crippen molar-refractivity contribution in [1.82, 2.24) is 0 Å². The fraction of sp³-hybridized carbons (Fsp3) is 0.625. The third kappa shape index (κ3) is 4.27. The van der Waals surface area contributed by atoms with E-state index in [1.54, 1.807) is 6.08 Å². The maximum absolute atomic E-state index is 10.1. The standard InChI is InChI=1S/C8H14O2/c1-4-7-10-8(2,3)5-6-9/h4,6H,1,5,7H2,2-3H3. The van der Waals surface area contributed by atoms with Gasteiger partial charge in [-0.3, -0.25) is 0 Å². The Hall–Kier alpha value is -0.630. The summed E-state index contributed by atoms with van der Waals surface area (Å²) >= 11 is 0. The summed E-state index contributed by atoms with van der Waals surface area (Å²) in [5.74, 6) is 0. The lowest BCUT2D eigenvalue weighted by Crippen LogP contribution is -2.24. The number of hydrogen-bond acceptors (Lipinski definition) is 2. The van der Waals surface area contributed by atoms with E-state index in [9.17, 15) is 4.79 Å². The van der Waals surface area contributed by atoms with Crippen LogP contribution >= 0.6 is 0 Å². The molecule has 0 aliphatic heterocycles. The summed E-state index contributed by atoms with van der Waals surface area (Å²) in [6.07, 6.45) is 2.97. The number of hydrogen-bond donors (Lipinski definition) is 0. The maximum atomic E-state index is 10.1. The van der Waals surface area contributed by atoms with Crippen molar-refractivity contribution < 1.29 is 9.53 Å². The first-order chi connectivity index (χ1) is 4.62. The van der Waals surface area contributed by atoms with Gasteiger partial charge in [0.15, 0.2) is 0 Å². The Morgan fingerprint density at radius 3 is 2.60 bits per heavy atom. The fourth-order valence-electron chi connectivity index (χ4n) is 0.544. The molecule has 10 heavy (non-hydrogen) atoms. The predicted molar refractivity (Wildman–Crippen MR) is 40.9 cm³/mol. The van der Waals surface area contributed by atoms with Crippen molar-refractivity contribution in [2.45, 2.75) is 25.9 Å². The highest BCUT2D eigenvalue weighted by molar-refractivity contribution is 5.51. The first-order valence-electron chi connectivity index (χ1n) is 3.31. The minimum Gasteiger partial charge on any atom is -0.371 e. The van der Waals surface area contributed by atoms with Crippen LogP contribution in [0, 0.1) is 0 Å². The monoisotopic (exact) mass is 142 g/mol. The molecule has 0 aromatic carbocycles. The summed E-state index contributed by atoms with van der Waals surface area (Å²) in [5.41, 5.74) is -0.337. The Labute approximate surface area is 61.9 Å². The summed E-state index contributed by atoms with van der Waals surface area (Å²) < 4.78 is 5.27. The second-order valence-electron chi connectivity index (χ2n) is 2.73. The van der Waals surface area contributed by atoms with Crippen LogP contribution in [-0.4, -0.2) is 18.5 Å². The van der Waals surface area contributed by atoms with Gasteiger partial charge in [-0.15, -0.1) is 6.58 Å². The summed E-state index contributed by atoms with van der Waals surface area (Å²) in [5, 5.41) is 0. The number of ether oxygens (including phenoxy) is 1. The van der Waals surface area contributed by atoms with Gasteiger partial charge in [0.05, 0.1) is 12.2 Å². The largest absolute Gasteiger partial charge is 0.371 e. The number of carbonyl (C=O) groups excluding carboxylic acids is 1. The molecule has 0 aliphatic rings. The van der Waals surface area contributed by atoms with Crippen molar-refractivity contribution >= 4 is 6.29 Å². The Balaban J connectivity index is 3.61. The van der Waals surface area contributed by atoms with Gasteiger partial charge in [-0.2, -0.15) is 0 Å². The van der Waals surface area contributed by atoms with E-state index in [1.807, 2.05) is 13.8 Å². The van der Waals surface area contributed by atoms with E-state index in [4.69, 9.17) is 4.74 Å². The van der Waals surface area contributed by atoms with Crippen LogP contribution in [0.4, 0.5) is 0 Å². The molecule has 0 heterocycles. The molecule has 0 rings (SSSR count). The minimum absolute atomic E-state index is 0.337. The molecule has 0 saturated carbocycles. The number of rotatable bonds is 5. The van der Waals surface area contributed by atoms with Crippen molar-refractivity contribution in [2.75, 3.05) is 6.61 Å². The molecular weight excluding hydrogens is 128 g/mol. The van der Waals surface area contributed by atoms with Gasteiger partial charge in [0, 0.05) is 6.42 Å². The van der Waals surface area contributed by atoms with Crippen LogP contribution in [0.5, 0.6) is 0 Å². The molecular formula is C8H14O2. The Kier molecular flexibility index (Phi) is 3.96. The topological polar surface area (TPSA) is 26.3 Å². The van der Waals surface area contributed by atoms with Crippen LogP contribution in [0.1, 0.15) is 20.3 Å². The summed E-state index contributed by atoms with van der Waals surface area (Å²) in [4.78, 5) is 10.1. The van der Waals surface area contributed by atoms with Crippen molar-refractivity contribution in [2.24, 2.45) is 0 Å². The Morgan fingerprint density at radius 2 is 2.20 bits per heavy atom. The molecule has 0 bridgehead atoms. The predicted octanol–water partition coefficient (Wildman–Crippen LogP) is 1.56. The van der Waals surface area contributed by atoms with E-state index in [0.717, 1.165) is 6.29 Å². The third-order valence-electron chi connectivity index (χ3n) is 1.17. The molecule has 0 atom stereocenters. The van der Waals surface area contributed by atoms with Crippen LogP contribution in [0.2, 0.25) is 0 Å². The first-order valence-corrected chi connectivity index (χ1v) is 3.31. The van der Waals surface area contributed by atoms with E-state index in [1.165, 1.54) is 0 Å². The zero-order chi connectivity index (χ0) is 8.04. The van der Waals surface area contributed by atoms with Gasteiger partial charge in [0.1, 0.15) is 6.29 Å². The fourth-order valence-corrected chi connectivity index (χ4v) is 0.544. The lowest BCUT2D eigenvalue weighted by Gasteiger charge is -2.21. The highest BCUT2D eigenvalue weighted by Crippen LogP contribution is 2.11. The van der Waals surface area contributed by atoms with Gasteiger partial charge in [-0.05, 0) is 13.8 Å². The molecule has 0 aromatic heterocycles. The Morgan fingerprint density at radius 1 is 1.60 bits per heavy atom. The molecule has 0 aromatic rings. The molecule has 0 N–H and O–H groups in total. The molecule has 0 saturated heterocycles.